The number of carbonyl (C=O) groups excluding carboxylic acids is 1. The van der Waals surface area contributed by atoms with E-state index in [1.54, 1.807) is 30.3 Å². The highest BCUT2D eigenvalue weighted by Gasteiger charge is 2.33. The average Bonchev–Trinajstić information content (AvgIpc) is 3.02. The van der Waals surface area contributed by atoms with Crippen molar-refractivity contribution in [3.05, 3.63) is 58.2 Å². The first-order valence-electron chi connectivity index (χ1n) is 5.82. The third-order valence-corrected chi connectivity index (χ3v) is 4.34. The number of nitrogens with one attached hydrogen (secondary N) is 1. The molecular formula is C14H9ClN2OS2. The highest BCUT2D eigenvalue weighted by atomic mass is 35.5. The van der Waals surface area contributed by atoms with E-state index in [0.717, 1.165) is 11.4 Å². The summed E-state index contributed by atoms with van der Waals surface area (Å²) >= 11 is 12.4. The number of H-pyrrole nitrogens is 1. The lowest BCUT2D eigenvalue weighted by molar-refractivity contribution is -0.113. The number of thioether (sulfide) groups is 1. The molecule has 1 aromatic heterocycles. The molecule has 3 rings (SSSR count). The number of benzene rings is 1. The van der Waals surface area contributed by atoms with Gasteiger partial charge in [-0.1, -0.05) is 35.6 Å². The molecule has 0 unspecified atom stereocenters. The zero-order valence-electron chi connectivity index (χ0n) is 10.2. The molecule has 0 bridgehead atoms. The third kappa shape index (κ3) is 2.52. The molecule has 20 heavy (non-hydrogen) atoms. The number of nitrogens with zero attached hydrogens (tertiary/aromatic N) is 1. The van der Waals surface area contributed by atoms with Crippen LogP contribution < -0.4 is 4.90 Å². The Morgan fingerprint density at radius 2 is 2.00 bits per heavy atom. The van der Waals surface area contributed by atoms with Crippen molar-refractivity contribution in [2.24, 2.45) is 0 Å². The number of halogens is 1. The lowest BCUT2D eigenvalue weighted by atomic mass is 10.3. The highest BCUT2D eigenvalue weighted by molar-refractivity contribution is 8.27. The van der Waals surface area contributed by atoms with Crippen molar-refractivity contribution < 1.29 is 4.79 Å². The molecule has 6 heteroatoms. The Morgan fingerprint density at radius 1 is 1.25 bits per heavy atom. The van der Waals surface area contributed by atoms with Crippen LogP contribution in [0.25, 0.3) is 6.08 Å². The first kappa shape index (κ1) is 13.4. The van der Waals surface area contributed by atoms with Gasteiger partial charge < -0.3 is 4.98 Å². The fraction of sp³-hybridized carbons (Fsp3) is 0. The van der Waals surface area contributed by atoms with Crippen molar-refractivity contribution in [2.75, 3.05) is 4.90 Å². The first-order chi connectivity index (χ1) is 9.65. The molecule has 3 nitrogen and oxygen atoms in total. The van der Waals surface area contributed by atoms with E-state index in [2.05, 4.69) is 4.98 Å². The molecule has 1 fully saturated rings. The summed E-state index contributed by atoms with van der Waals surface area (Å²) in [6, 6.07) is 10.8. The standard InChI is InChI=1S/C14H9ClN2OS2/c15-9-3-5-11(6-4-9)17-13(18)12(20-14(17)19)8-10-2-1-7-16-10/h1-8,16H. The molecule has 1 aliphatic rings. The van der Waals surface area contributed by atoms with Crippen LogP contribution in [0.3, 0.4) is 0 Å². The molecule has 0 radical (unpaired) electrons. The van der Waals surface area contributed by atoms with Gasteiger partial charge in [0.1, 0.15) is 0 Å². The van der Waals surface area contributed by atoms with E-state index >= 15 is 0 Å². The first-order valence-corrected chi connectivity index (χ1v) is 7.42. The largest absolute Gasteiger partial charge is 0.362 e. The minimum absolute atomic E-state index is 0.114. The van der Waals surface area contributed by atoms with Crippen LogP contribution in [0, 0.1) is 0 Å². The number of hydrogen-bond donors (Lipinski definition) is 1. The molecule has 0 aliphatic carbocycles. The second-order valence-corrected chi connectivity index (χ2v) is 6.23. The van der Waals surface area contributed by atoms with Crippen LogP contribution >= 0.6 is 35.6 Å². The van der Waals surface area contributed by atoms with Gasteiger partial charge in [-0.2, -0.15) is 0 Å². The summed E-state index contributed by atoms with van der Waals surface area (Å²) in [7, 11) is 0. The third-order valence-electron chi connectivity index (χ3n) is 2.79. The molecule has 2 aromatic rings. The number of rotatable bonds is 2. The minimum Gasteiger partial charge on any atom is -0.362 e. The van der Waals surface area contributed by atoms with Crippen molar-refractivity contribution in [3.63, 3.8) is 0 Å². The van der Waals surface area contributed by atoms with Crippen LogP contribution in [0.5, 0.6) is 0 Å². The predicted octanol–water partition coefficient (Wildman–Crippen LogP) is 4.07. The van der Waals surface area contributed by atoms with Gasteiger partial charge in [-0.15, -0.1) is 0 Å². The predicted molar refractivity (Wildman–Crippen MR) is 87.9 cm³/mol. The normalized spacial score (nSPS) is 17.2. The van der Waals surface area contributed by atoms with Crippen molar-refractivity contribution >= 4 is 57.6 Å². The second kappa shape index (κ2) is 5.44. The smallest absolute Gasteiger partial charge is 0.270 e. The van der Waals surface area contributed by atoms with Crippen LogP contribution in [0.15, 0.2) is 47.5 Å². The van der Waals surface area contributed by atoms with Crippen molar-refractivity contribution in [1.29, 1.82) is 0 Å². The fourth-order valence-corrected chi connectivity index (χ4v) is 3.27. The zero-order valence-corrected chi connectivity index (χ0v) is 12.6. The maximum atomic E-state index is 12.4. The Bertz CT molecular complexity index is 692. The molecule has 0 spiro atoms. The van der Waals surface area contributed by atoms with E-state index in [4.69, 9.17) is 23.8 Å². The van der Waals surface area contributed by atoms with E-state index in [0.29, 0.717) is 14.2 Å². The molecule has 1 N–H and O–H groups in total. The summed E-state index contributed by atoms with van der Waals surface area (Å²) in [4.78, 5) is 17.6. The van der Waals surface area contributed by atoms with Gasteiger partial charge in [0.25, 0.3) is 5.91 Å². The zero-order chi connectivity index (χ0) is 14.1. The van der Waals surface area contributed by atoms with Crippen LogP contribution in [-0.4, -0.2) is 15.2 Å². The van der Waals surface area contributed by atoms with Crippen molar-refractivity contribution in [1.82, 2.24) is 4.98 Å². The molecular weight excluding hydrogens is 312 g/mol. The lowest BCUT2D eigenvalue weighted by Gasteiger charge is -2.14. The van der Waals surface area contributed by atoms with Gasteiger partial charge in [0.15, 0.2) is 4.32 Å². The van der Waals surface area contributed by atoms with E-state index < -0.39 is 0 Å². The molecule has 100 valence electrons. The van der Waals surface area contributed by atoms with E-state index in [1.807, 2.05) is 18.3 Å². The monoisotopic (exact) mass is 320 g/mol. The molecule has 0 atom stereocenters. The summed E-state index contributed by atoms with van der Waals surface area (Å²) in [5, 5.41) is 0.626. The summed E-state index contributed by atoms with van der Waals surface area (Å²) in [5.74, 6) is -0.114. The topological polar surface area (TPSA) is 36.1 Å². The number of aromatic nitrogens is 1. The Kier molecular flexibility index (Phi) is 3.65. The number of anilines is 1. The van der Waals surface area contributed by atoms with Crippen LogP contribution in [0.1, 0.15) is 5.69 Å². The quantitative estimate of drug-likeness (QED) is 0.669. The Balaban J connectivity index is 1.93. The maximum absolute atomic E-state index is 12.4. The molecule has 0 saturated carbocycles. The average molecular weight is 321 g/mol. The molecule has 1 amide bonds. The van der Waals surface area contributed by atoms with Gasteiger partial charge in [0, 0.05) is 16.9 Å². The number of carbonyl (C=O) groups is 1. The summed E-state index contributed by atoms with van der Waals surface area (Å²) in [6.45, 7) is 0. The molecule has 1 aromatic carbocycles. The molecule has 1 aliphatic heterocycles. The summed E-state index contributed by atoms with van der Waals surface area (Å²) < 4.78 is 0.523. The van der Waals surface area contributed by atoms with Gasteiger partial charge in [0.05, 0.1) is 10.6 Å². The summed E-state index contributed by atoms with van der Waals surface area (Å²) in [5.41, 5.74) is 1.60. The molecule has 2 heterocycles. The van der Waals surface area contributed by atoms with Gasteiger partial charge >= 0.3 is 0 Å². The Morgan fingerprint density at radius 3 is 2.65 bits per heavy atom. The van der Waals surface area contributed by atoms with Gasteiger partial charge in [-0.25, -0.2) is 0 Å². The maximum Gasteiger partial charge on any atom is 0.270 e. The van der Waals surface area contributed by atoms with Gasteiger partial charge in [-0.3, -0.25) is 9.69 Å². The van der Waals surface area contributed by atoms with Crippen LogP contribution in [0.4, 0.5) is 5.69 Å². The number of amides is 1. The van der Waals surface area contributed by atoms with Crippen molar-refractivity contribution in [2.45, 2.75) is 0 Å². The van der Waals surface area contributed by atoms with E-state index in [1.165, 1.54) is 16.7 Å². The lowest BCUT2D eigenvalue weighted by Crippen LogP contribution is -2.27. The van der Waals surface area contributed by atoms with Gasteiger partial charge in [0.2, 0.25) is 0 Å². The second-order valence-electron chi connectivity index (χ2n) is 4.12. The fourth-order valence-electron chi connectivity index (χ4n) is 1.86. The van der Waals surface area contributed by atoms with Gasteiger partial charge in [-0.05, 0) is 42.5 Å². The number of aromatic amines is 1. The van der Waals surface area contributed by atoms with E-state index in [-0.39, 0.29) is 5.91 Å². The highest BCUT2D eigenvalue weighted by Crippen LogP contribution is 2.36. The minimum atomic E-state index is -0.114. The van der Waals surface area contributed by atoms with E-state index in [9.17, 15) is 4.79 Å². The Labute approximate surface area is 130 Å². The number of hydrogen-bond acceptors (Lipinski definition) is 3. The number of thiocarbonyl (C=S) groups is 1. The van der Waals surface area contributed by atoms with Crippen LogP contribution in [0.2, 0.25) is 5.02 Å². The summed E-state index contributed by atoms with van der Waals surface area (Å²) in [6.07, 6.45) is 3.61. The molecule has 1 saturated heterocycles. The van der Waals surface area contributed by atoms with Crippen LogP contribution in [-0.2, 0) is 4.79 Å². The Hall–Kier alpha value is -1.56. The van der Waals surface area contributed by atoms with Crippen molar-refractivity contribution in [3.8, 4) is 0 Å². The SMILES string of the molecule is O=C1C(=Cc2ccc[nH]2)SC(=S)N1c1ccc(Cl)cc1.